The Labute approximate surface area is 189 Å². The summed E-state index contributed by atoms with van der Waals surface area (Å²) in [5.41, 5.74) is 8.69. The number of carbonyl (C=O) groups is 1. The van der Waals surface area contributed by atoms with Gasteiger partial charge in [-0.2, -0.15) is 0 Å². The van der Waals surface area contributed by atoms with E-state index in [0.29, 0.717) is 11.3 Å². The van der Waals surface area contributed by atoms with E-state index in [2.05, 4.69) is 20.6 Å². The van der Waals surface area contributed by atoms with Crippen LogP contribution in [0, 0.1) is 6.92 Å². The number of hydrogen-bond acceptors (Lipinski definition) is 7. The maximum absolute atomic E-state index is 12.4. The molecule has 0 aliphatic heterocycles. The maximum Gasteiger partial charge on any atom is 0.269 e. The minimum absolute atomic E-state index is 0.0589. The Morgan fingerprint density at radius 1 is 1.13 bits per heavy atom. The van der Waals surface area contributed by atoms with Crippen molar-refractivity contribution in [1.82, 2.24) is 15.1 Å². The molecule has 0 atom stereocenters. The van der Waals surface area contributed by atoms with E-state index < -0.39 is 10.0 Å². The fourth-order valence-corrected chi connectivity index (χ4v) is 5.81. The van der Waals surface area contributed by atoms with Crippen LogP contribution >= 0.6 is 23.1 Å². The number of nitrogens with zero attached hydrogens (tertiary/aromatic N) is 1. The number of thiazole rings is 1. The Hall–Kier alpha value is -2.40. The van der Waals surface area contributed by atoms with Crippen molar-refractivity contribution in [2.45, 2.75) is 40.8 Å². The van der Waals surface area contributed by atoms with Crippen LogP contribution in [0.1, 0.15) is 34.5 Å². The zero-order valence-corrected chi connectivity index (χ0v) is 19.2. The van der Waals surface area contributed by atoms with Crippen molar-refractivity contribution < 1.29 is 13.2 Å². The number of rotatable bonds is 9. The maximum atomic E-state index is 12.4. The van der Waals surface area contributed by atoms with Crippen LogP contribution in [-0.2, 0) is 15.8 Å². The highest BCUT2D eigenvalue weighted by atomic mass is 32.2. The Morgan fingerprint density at radius 2 is 1.84 bits per heavy atom. The van der Waals surface area contributed by atoms with E-state index in [-0.39, 0.29) is 16.8 Å². The van der Waals surface area contributed by atoms with Crippen LogP contribution in [0.5, 0.6) is 0 Å². The van der Waals surface area contributed by atoms with Crippen LogP contribution in [0.4, 0.5) is 5.69 Å². The summed E-state index contributed by atoms with van der Waals surface area (Å²) in [5.74, 6) is 0.514. The van der Waals surface area contributed by atoms with E-state index in [9.17, 15) is 13.2 Å². The Morgan fingerprint density at radius 3 is 2.45 bits per heavy atom. The highest BCUT2D eigenvalue weighted by Gasteiger charge is 2.27. The lowest BCUT2D eigenvalue weighted by molar-refractivity contribution is 0.0962. The average Bonchev–Trinajstić information content (AvgIpc) is 3.47. The number of sulfonamides is 1. The summed E-state index contributed by atoms with van der Waals surface area (Å²) >= 11 is 3.30. The summed E-state index contributed by atoms with van der Waals surface area (Å²) < 4.78 is 28.1. The molecule has 1 aliphatic rings. The molecule has 3 N–H and O–H groups in total. The molecule has 31 heavy (non-hydrogen) atoms. The first-order valence-electron chi connectivity index (χ1n) is 9.72. The first-order valence-corrected chi connectivity index (χ1v) is 13.1. The first-order chi connectivity index (χ1) is 14.9. The van der Waals surface area contributed by atoms with Gasteiger partial charge >= 0.3 is 0 Å². The number of hydrazine groups is 1. The number of benzene rings is 2. The number of anilines is 1. The van der Waals surface area contributed by atoms with Gasteiger partial charge in [-0.3, -0.25) is 15.6 Å². The Bertz CT molecular complexity index is 1160. The van der Waals surface area contributed by atoms with Crippen molar-refractivity contribution in [2.75, 3.05) is 5.43 Å². The zero-order chi connectivity index (χ0) is 21.8. The van der Waals surface area contributed by atoms with Crippen LogP contribution in [0.25, 0.3) is 0 Å². The number of thioether (sulfide) groups is 1. The molecule has 162 valence electrons. The Kier molecular flexibility index (Phi) is 6.61. The lowest BCUT2D eigenvalue weighted by Crippen LogP contribution is -2.29. The quantitative estimate of drug-likeness (QED) is 0.321. The number of amides is 1. The molecule has 0 bridgehead atoms. The van der Waals surface area contributed by atoms with E-state index in [4.69, 9.17) is 0 Å². The molecule has 0 radical (unpaired) electrons. The lowest BCUT2D eigenvalue weighted by atomic mass is 10.1. The van der Waals surface area contributed by atoms with Gasteiger partial charge < -0.3 is 0 Å². The van der Waals surface area contributed by atoms with Gasteiger partial charge in [0.2, 0.25) is 10.0 Å². The highest BCUT2D eigenvalue weighted by molar-refractivity contribution is 8.00. The normalized spacial score (nSPS) is 13.7. The smallest absolute Gasteiger partial charge is 0.269 e. The van der Waals surface area contributed by atoms with Crippen LogP contribution in [-0.4, -0.2) is 25.4 Å². The highest BCUT2D eigenvalue weighted by Crippen LogP contribution is 2.26. The molecule has 4 rings (SSSR count). The molecule has 3 aromatic rings. The van der Waals surface area contributed by atoms with E-state index in [1.165, 1.54) is 12.1 Å². The topological polar surface area (TPSA) is 100 Å². The van der Waals surface area contributed by atoms with E-state index in [1.807, 2.05) is 24.4 Å². The molecule has 7 nitrogen and oxygen atoms in total. The van der Waals surface area contributed by atoms with Crippen LogP contribution in [0.2, 0.25) is 0 Å². The number of aryl methyl sites for hydroxylation is 1. The van der Waals surface area contributed by atoms with Crippen LogP contribution in [0.15, 0.2) is 63.1 Å². The second-order valence-corrected chi connectivity index (χ2v) is 11.0. The van der Waals surface area contributed by atoms with Gasteiger partial charge in [0.25, 0.3) is 5.91 Å². The fourth-order valence-electron chi connectivity index (χ4n) is 2.70. The third-order valence-corrected chi connectivity index (χ3v) is 8.31. The number of nitrogens with one attached hydrogen (secondary N) is 3. The van der Waals surface area contributed by atoms with Gasteiger partial charge in [-0.1, -0.05) is 23.9 Å². The van der Waals surface area contributed by atoms with Crippen molar-refractivity contribution in [2.24, 2.45) is 0 Å². The summed E-state index contributed by atoms with van der Waals surface area (Å²) in [5, 5.41) is 2.03. The zero-order valence-electron chi connectivity index (χ0n) is 16.8. The van der Waals surface area contributed by atoms with Gasteiger partial charge in [-0.25, -0.2) is 18.1 Å². The SMILES string of the molecule is Cc1csc(SCc2ccc(C(=O)NNc3ccc(S(=O)(=O)NC4CC4)cc3)cc2)n1. The predicted octanol–water partition coefficient (Wildman–Crippen LogP) is 3.94. The summed E-state index contributed by atoms with van der Waals surface area (Å²) in [6, 6.07) is 13.7. The van der Waals surface area contributed by atoms with Crippen LogP contribution < -0.4 is 15.6 Å². The molecular formula is C21H22N4O3S3. The fraction of sp³-hybridized carbons (Fsp3) is 0.238. The van der Waals surface area contributed by atoms with Gasteiger partial charge in [-0.05, 0) is 61.7 Å². The number of carbonyl (C=O) groups excluding carboxylic acids is 1. The van der Waals surface area contributed by atoms with Gasteiger partial charge in [0.15, 0.2) is 0 Å². The molecule has 1 saturated carbocycles. The molecule has 0 spiro atoms. The number of aromatic nitrogens is 1. The molecule has 1 fully saturated rings. The van der Waals surface area contributed by atoms with E-state index in [1.54, 1.807) is 47.4 Å². The van der Waals surface area contributed by atoms with E-state index in [0.717, 1.165) is 34.2 Å². The number of hydrogen-bond donors (Lipinski definition) is 3. The monoisotopic (exact) mass is 474 g/mol. The molecule has 0 unspecified atom stereocenters. The molecule has 10 heteroatoms. The lowest BCUT2D eigenvalue weighted by Gasteiger charge is -2.10. The van der Waals surface area contributed by atoms with Gasteiger partial charge in [0.1, 0.15) is 4.34 Å². The second-order valence-electron chi connectivity index (χ2n) is 7.24. The average molecular weight is 475 g/mol. The predicted molar refractivity (Wildman–Crippen MR) is 124 cm³/mol. The molecular weight excluding hydrogens is 452 g/mol. The summed E-state index contributed by atoms with van der Waals surface area (Å²) in [6.07, 6.45) is 1.77. The van der Waals surface area contributed by atoms with Crippen molar-refractivity contribution in [1.29, 1.82) is 0 Å². The summed E-state index contributed by atoms with van der Waals surface area (Å²) in [4.78, 5) is 17.0. The van der Waals surface area contributed by atoms with Gasteiger partial charge in [-0.15, -0.1) is 11.3 Å². The molecule has 1 aromatic heterocycles. The van der Waals surface area contributed by atoms with E-state index >= 15 is 0 Å². The largest absolute Gasteiger partial charge is 0.298 e. The van der Waals surface area contributed by atoms with Crippen LogP contribution in [0.3, 0.4) is 0 Å². The molecule has 1 amide bonds. The van der Waals surface area contributed by atoms with Crippen molar-refractivity contribution in [3.63, 3.8) is 0 Å². The summed E-state index contributed by atoms with van der Waals surface area (Å²) in [6.45, 7) is 1.98. The van der Waals surface area contributed by atoms with Gasteiger partial charge in [0.05, 0.1) is 10.6 Å². The van der Waals surface area contributed by atoms with Crippen molar-refractivity contribution in [3.8, 4) is 0 Å². The van der Waals surface area contributed by atoms with Gasteiger partial charge in [0, 0.05) is 28.4 Å². The molecule has 2 aromatic carbocycles. The first kappa shape index (κ1) is 21.8. The van der Waals surface area contributed by atoms with Crippen molar-refractivity contribution in [3.05, 3.63) is 70.7 Å². The molecule has 1 heterocycles. The summed E-state index contributed by atoms with van der Waals surface area (Å²) in [7, 11) is -3.48. The van der Waals surface area contributed by atoms with Crippen molar-refractivity contribution >= 4 is 44.7 Å². The minimum atomic E-state index is -3.48. The third-order valence-electron chi connectivity index (χ3n) is 4.56. The third kappa shape index (κ3) is 6.07. The molecule has 1 aliphatic carbocycles. The molecule has 0 saturated heterocycles. The Balaban J connectivity index is 1.28. The second kappa shape index (κ2) is 9.39. The minimum Gasteiger partial charge on any atom is -0.298 e. The standard InChI is InChI=1S/C21H22N4O3S3/c1-14-12-29-21(22-14)30-13-15-2-4-16(5-3-15)20(26)24-23-17-8-10-19(11-9-17)31(27,28)25-18-6-7-18/h2-5,8-12,18,23,25H,6-7,13H2,1H3,(H,24,26).